The Labute approximate surface area is 168 Å². The van der Waals surface area contributed by atoms with Gasteiger partial charge in [-0.15, -0.1) is 0 Å². The summed E-state index contributed by atoms with van der Waals surface area (Å²) >= 11 is 0. The molecule has 0 bridgehead atoms. The van der Waals surface area contributed by atoms with Crippen LogP contribution >= 0.6 is 7.82 Å². The van der Waals surface area contributed by atoms with Crippen molar-refractivity contribution in [3.63, 3.8) is 0 Å². The zero-order valence-corrected chi connectivity index (χ0v) is 15.5. The van der Waals surface area contributed by atoms with Gasteiger partial charge in [0.05, 0.1) is 4.90 Å². The zero-order valence-electron chi connectivity index (χ0n) is 9.38. The number of nitrogens with zero attached hydrogens (tertiary/aromatic N) is 1. The first kappa shape index (κ1) is 22.5. The molecule has 1 aromatic rings. The summed E-state index contributed by atoms with van der Waals surface area (Å²) in [6.45, 7) is 0. The number of phosphoric acid groups is 1. The molecule has 0 atom stereocenters. The first-order valence-corrected chi connectivity index (χ1v) is 6.86. The molecule has 0 N–H and O–H groups in total. The number of rotatable bonds is 0. The van der Waals surface area contributed by atoms with Gasteiger partial charge in [0, 0.05) is 11.5 Å². The normalized spacial score (nSPS) is 14.8. The molecule has 1 heterocycles. The first-order valence-electron chi connectivity index (χ1n) is 3.96. The van der Waals surface area contributed by atoms with Crippen LogP contribution in [0.5, 0.6) is 0 Å². The predicted molar refractivity (Wildman–Crippen MR) is 59.3 cm³/mol. The van der Waals surface area contributed by atoms with Gasteiger partial charge in [-0.05, 0) is 6.07 Å². The predicted octanol–water partition coefficient (Wildman–Crippen LogP) is -4.09. The fourth-order valence-electron chi connectivity index (χ4n) is 1.08. The maximum atomic E-state index is 11.1. The van der Waals surface area contributed by atoms with Gasteiger partial charge in [-0.2, -0.15) is 20.6 Å². The van der Waals surface area contributed by atoms with Crippen molar-refractivity contribution in [2.75, 3.05) is 0 Å². The van der Waals surface area contributed by atoms with Crippen molar-refractivity contribution in [1.82, 2.24) is 0 Å². The second-order valence-electron chi connectivity index (χ2n) is 2.81. The maximum Gasteiger partial charge on any atom is 2.00 e. The van der Waals surface area contributed by atoms with Crippen molar-refractivity contribution in [3.8, 4) is 0 Å². The van der Waals surface area contributed by atoms with Gasteiger partial charge in [0.25, 0.3) is 10.0 Å². The van der Waals surface area contributed by atoms with E-state index < -0.39 is 23.7 Å². The Morgan fingerprint density at radius 2 is 1.47 bits per heavy atom. The minimum atomic E-state index is -5.39. The second kappa shape index (κ2) is 8.65. The summed E-state index contributed by atoms with van der Waals surface area (Å²) in [6, 6.07) is 5.99. The third-order valence-corrected chi connectivity index (χ3v) is 2.92. The fraction of sp³-hybridized carbons (Fsp3) is 0. The SMILES string of the molecule is O=P([O-])([O-])[O-].O=S1(=O)N=C([O-])c2ccccc21.[Ca+2].[Ca+2]. The number of benzene rings is 1. The summed E-state index contributed by atoms with van der Waals surface area (Å²) in [5, 5.41) is 10.9. The van der Waals surface area contributed by atoms with Gasteiger partial charge in [-0.25, -0.2) is 0 Å². The average molecular weight is 357 g/mol. The van der Waals surface area contributed by atoms with E-state index in [1.54, 1.807) is 12.1 Å². The smallest absolute Gasteiger partial charge is 0.858 e. The Morgan fingerprint density at radius 1 is 1.05 bits per heavy atom. The quantitative estimate of drug-likeness (QED) is 0.337. The van der Waals surface area contributed by atoms with Gasteiger partial charge >= 0.3 is 75.5 Å². The first-order chi connectivity index (χ1) is 7.61. The summed E-state index contributed by atoms with van der Waals surface area (Å²) in [5.74, 6) is -0.675. The van der Waals surface area contributed by atoms with Crippen LogP contribution in [0.3, 0.4) is 0 Å². The van der Waals surface area contributed by atoms with E-state index in [1.165, 1.54) is 12.1 Å². The molecular weight excluding hydrogens is 353 g/mol. The number of sulfonamides is 1. The molecule has 19 heavy (non-hydrogen) atoms. The van der Waals surface area contributed by atoms with Gasteiger partial charge in [0.15, 0.2) is 0 Å². The van der Waals surface area contributed by atoms with Gasteiger partial charge in [0.1, 0.15) is 0 Å². The molecule has 0 saturated carbocycles. The van der Waals surface area contributed by atoms with E-state index in [0.29, 0.717) is 0 Å². The molecule has 0 saturated heterocycles. The number of hydrogen-bond acceptors (Lipinski definition) is 7. The third-order valence-electron chi connectivity index (χ3n) is 1.60. The molecular formula is C7H4Ca2NO7PS. The molecule has 94 valence electrons. The van der Waals surface area contributed by atoms with E-state index in [4.69, 9.17) is 19.2 Å². The van der Waals surface area contributed by atoms with E-state index in [2.05, 4.69) is 4.40 Å². The minimum Gasteiger partial charge on any atom is -0.858 e. The zero-order chi connectivity index (χ0) is 13.3. The van der Waals surface area contributed by atoms with Crippen molar-refractivity contribution < 1.29 is 32.8 Å². The van der Waals surface area contributed by atoms with Crippen LogP contribution in [0.25, 0.3) is 0 Å². The van der Waals surface area contributed by atoms with E-state index in [0.717, 1.165) is 0 Å². The summed E-state index contributed by atoms with van der Waals surface area (Å²) in [4.78, 5) is 25.7. The molecule has 12 heteroatoms. The van der Waals surface area contributed by atoms with Crippen molar-refractivity contribution in [2.24, 2.45) is 4.40 Å². The van der Waals surface area contributed by atoms with Crippen LogP contribution in [0.15, 0.2) is 33.6 Å². The van der Waals surface area contributed by atoms with E-state index in [-0.39, 0.29) is 85.9 Å². The number of fused-ring (bicyclic) bond motifs is 1. The van der Waals surface area contributed by atoms with Crippen LogP contribution in [0, 0.1) is 0 Å². The average Bonchev–Trinajstić information content (AvgIpc) is 2.36. The second-order valence-corrected chi connectivity index (χ2v) is 5.28. The molecule has 0 amide bonds. The van der Waals surface area contributed by atoms with Crippen molar-refractivity contribution >= 4 is 99.2 Å². The van der Waals surface area contributed by atoms with E-state index in [9.17, 15) is 13.5 Å². The van der Waals surface area contributed by atoms with Crippen molar-refractivity contribution in [1.29, 1.82) is 0 Å². The van der Waals surface area contributed by atoms with E-state index in [1.807, 2.05) is 0 Å². The van der Waals surface area contributed by atoms with Gasteiger partial charge < -0.3 is 24.4 Å². The fourth-order valence-corrected chi connectivity index (χ4v) is 2.17. The monoisotopic (exact) mass is 357 g/mol. The standard InChI is InChI=1S/C7H5NO3S.2Ca.H3O4P/c9-7-5-3-1-2-4-6(5)12(10,11)8-7;;;1-5(2,3)4/h1-4H,(H,8,9);;;(H3,1,2,3,4)/q;2*+2;/p-4. The summed E-state index contributed by atoms with van der Waals surface area (Å²) < 4.78 is 33.7. The van der Waals surface area contributed by atoms with Crippen LogP contribution in [0.2, 0.25) is 0 Å². The Kier molecular flexibility index (Phi) is 10.3. The Bertz CT molecular complexity index is 603. The molecule has 0 spiro atoms. The maximum absolute atomic E-state index is 11.1. The van der Waals surface area contributed by atoms with Gasteiger partial charge in [-0.3, -0.25) is 0 Å². The minimum absolute atomic E-state index is 0. The van der Waals surface area contributed by atoms with Crippen LogP contribution in [0.4, 0.5) is 0 Å². The Hall–Kier alpha value is 1.27. The Morgan fingerprint density at radius 3 is 1.89 bits per heavy atom. The molecule has 0 radical (unpaired) electrons. The summed E-state index contributed by atoms with van der Waals surface area (Å²) in [7, 11) is -9.07. The van der Waals surface area contributed by atoms with E-state index >= 15 is 0 Å². The van der Waals surface area contributed by atoms with Crippen LogP contribution in [0.1, 0.15) is 5.56 Å². The van der Waals surface area contributed by atoms with Crippen LogP contribution < -0.4 is 19.8 Å². The molecule has 0 aromatic heterocycles. The van der Waals surface area contributed by atoms with Crippen molar-refractivity contribution in [2.45, 2.75) is 4.90 Å². The molecule has 8 nitrogen and oxygen atoms in total. The molecule has 0 fully saturated rings. The van der Waals surface area contributed by atoms with Crippen LogP contribution in [-0.2, 0) is 14.6 Å². The van der Waals surface area contributed by atoms with Gasteiger partial charge in [-0.1, -0.05) is 18.2 Å². The molecule has 2 rings (SSSR count). The third kappa shape index (κ3) is 7.73. The van der Waals surface area contributed by atoms with Crippen LogP contribution in [-0.4, -0.2) is 89.8 Å². The molecule has 0 aliphatic carbocycles. The largest absolute Gasteiger partial charge is 2.00 e. The van der Waals surface area contributed by atoms with Gasteiger partial charge in [0.2, 0.25) is 0 Å². The topological polar surface area (TPSA) is 156 Å². The molecule has 1 aliphatic heterocycles. The Balaban J connectivity index is 0. The molecule has 1 aromatic carbocycles. The van der Waals surface area contributed by atoms with Crippen molar-refractivity contribution in [3.05, 3.63) is 29.8 Å². The molecule has 1 aliphatic rings. The summed E-state index contributed by atoms with van der Waals surface area (Å²) in [6.07, 6.45) is 0. The summed E-state index contributed by atoms with van der Waals surface area (Å²) in [5.41, 5.74) is 0.164. The number of hydrogen-bond donors (Lipinski definition) is 0. The molecule has 0 unspecified atom stereocenters.